The van der Waals surface area contributed by atoms with Gasteiger partial charge in [0.1, 0.15) is 0 Å². The summed E-state index contributed by atoms with van der Waals surface area (Å²) in [5.74, 6) is -0.873. The Balaban J connectivity index is 2.42. The molecule has 3 nitrogen and oxygen atoms in total. The standard InChI is InChI=1S/C11H16O3/c1-2-3-4-5-6-9-7-8-14-10(9)11(12)13/h7-8H,2-6H2,1H3,(H,12,13). The molecule has 14 heavy (non-hydrogen) atoms. The maximum atomic E-state index is 10.7. The zero-order valence-electron chi connectivity index (χ0n) is 8.45. The van der Waals surface area contributed by atoms with Gasteiger partial charge in [0, 0.05) is 5.56 Å². The average molecular weight is 196 g/mol. The summed E-state index contributed by atoms with van der Waals surface area (Å²) in [6.45, 7) is 2.15. The van der Waals surface area contributed by atoms with Crippen molar-refractivity contribution in [1.82, 2.24) is 0 Å². The SMILES string of the molecule is CCCCCCc1ccoc1C(=O)O. The van der Waals surface area contributed by atoms with Crippen LogP contribution in [0.2, 0.25) is 0 Å². The first kappa shape index (κ1) is 10.8. The van der Waals surface area contributed by atoms with E-state index < -0.39 is 5.97 Å². The third-order valence-electron chi connectivity index (χ3n) is 2.24. The molecule has 0 saturated carbocycles. The van der Waals surface area contributed by atoms with E-state index in [1.165, 1.54) is 19.1 Å². The maximum absolute atomic E-state index is 10.7. The van der Waals surface area contributed by atoms with Gasteiger partial charge in [0.2, 0.25) is 5.76 Å². The van der Waals surface area contributed by atoms with E-state index in [4.69, 9.17) is 9.52 Å². The van der Waals surface area contributed by atoms with E-state index in [2.05, 4.69) is 6.92 Å². The summed E-state index contributed by atoms with van der Waals surface area (Å²) in [5, 5.41) is 8.76. The van der Waals surface area contributed by atoms with E-state index in [9.17, 15) is 4.79 Å². The van der Waals surface area contributed by atoms with Crippen molar-refractivity contribution in [2.24, 2.45) is 0 Å². The molecular weight excluding hydrogens is 180 g/mol. The number of aromatic carboxylic acids is 1. The Kier molecular flexibility index (Phi) is 4.23. The van der Waals surface area contributed by atoms with Crippen molar-refractivity contribution in [2.45, 2.75) is 39.0 Å². The number of unbranched alkanes of at least 4 members (excludes halogenated alkanes) is 3. The van der Waals surface area contributed by atoms with Gasteiger partial charge in [-0.3, -0.25) is 0 Å². The molecule has 0 aliphatic heterocycles. The molecule has 1 heterocycles. The smallest absolute Gasteiger partial charge is 0.372 e. The van der Waals surface area contributed by atoms with Crippen LogP contribution in [0.5, 0.6) is 0 Å². The molecule has 0 bridgehead atoms. The topological polar surface area (TPSA) is 50.4 Å². The predicted molar refractivity (Wildman–Crippen MR) is 53.5 cm³/mol. The van der Waals surface area contributed by atoms with Crippen molar-refractivity contribution in [3.05, 3.63) is 23.7 Å². The van der Waals surface area contributed by atoms with Crippen LogP contribution in [0.4, 0.5) is 0 Å². The van der Waals surface area contributed by atoms with Gasteiger partial charge in [-0.15, -0.1) is 0 Å². The minimum Gasteiger partial charge on any atom is -0.475 e. The molecule has 0 aromatic carbocycles. The summed E-state index contributed by atoms with van der Waals surface area (Å²) in [7, 11) is 0. The molecule has 1 aromatic rings. The molecule has 0 amide bonds. The molecule has 1 rings (SSSR count). The van der Waals surface area contributed by atoms with Gasteiger partial charge in [0.15, 0.2) is 0 Å². The number of carboxylic acid groups (broad SMARTS) is 1. The Hall–Kier alpha value is -1.25. The highest BCUT2D eigenvalue weighted by molar-refractivity contribution is 5.86. The van der Waals surface area contributed by atoms with E-state index in [1.54, 1.807) is 6.07 Å². The fourth-order valence-electron chi connectivity index (χ4n) is 1.46. The summed E-state index contributed by atoms with van der Waals surface area (Å²) in [5.41, 5.74) is 0.814. The van der Waals surface area contributed by atoms with Crippen molar-refractivity contribution < 1.29 is 14.3 Å². The monoisotopic (exact) mass is 196 g/mol. The first-order chi connectivity index (χ1) is 6.75. The number of hydrogen-bond donors (Lipinski definition) is 1. The lowest BCUT2D eigenvalue weighted by molar-refractivity contribution is 0.0660. The molecule has 0 radical (unpaired) electrons. The van der Waals surface area contributed by atoms with Gasteiger partial charge in [-0.2, -0.15) is 0 Å². The van der Waals surface area contributed by atoms with E-state index >= 15 is 0 Å². The van der Waals surface area contributed by atoms with Crippen LogP contribution in [-0.2, 0) is 6.42 Å². The molecule has 0 unspecified atom stereocenters. The van der Waals surface area contributed by atoms with Crippen LogP contribution >= 0.6 is 0 Å². The Labute approximate surface area is 83.7 Å². The number of carboxylic acids is 1. The zero-order valence-corrected chi connectivity index (χ0v) is 8.45. The lowest BCUT2D eigenvalue weighted by Crippen LogP contribution is -1.98. The first-order valence-electron chi connectivity index (χ1n) is 5.05. The van der Waals surface area contributed by atoms with Crippen molar-refractivity contribution in [1.29, 1.82) is 0 Å². The third kappa shape index (κ3) is 2.91. The van der Waals surface area contributed by atoms with Crippen LogP contribution in [0.25, 0.3) is 0 Å². The number of carbonyl (C=O) groups is 1. The van der Waals surface area contributed by atoms with Crippen molar-refractivity contribution in [3.8, 4) is 0 Å². The summed E-state index contributed by atoms with van der Waals surface area (Å²) < 4.78 is 4.88. The lowest BCUT2D eigenvalue weighted by Gasteiger charge is -1.98. The molecule has 3 heteroatoms. The van der Waals surface area contributed by atoms with Crippen molar-refractivity contribution in [2.75, 3.05) is 0 Å². The second-order valence-corrected chi connectivity index (χ2v) is 3.39. The highest BCUT2D eigenvalue weighted by atomic mass is 16.4. The summed E-state index contributed by atoms with van der Waals surface area (Å²) in [6, 6.07) is 1.75. The highest BCUT2D eigenvalue weighted by Gasteiger charge is 2.12. The van der Waals surface area contributed by atoms with E-state index in [1.807, 2.05) is 0 Å². The first-order valence-corrected chi connectivity index (χ1v) is 5.05. The molecule has 0 fully saturated rings. The Bertz CT molecular complexity index is 288. The molecule has 0 saturated heterocycles. The number of aryl methyl sites for hydroxylation is 1. The summed E-state index contributed by atoms with van der Waals surface area (Å²) in [6.07, 6.45) is 6.84. The normalized spacial score (nSPS) is 10.4. The Morgan fingerprint density at radius 3 is 2.86 bits per heavy atom. The van der Waals surface area contributed by atoms with Crippen LogP contribution in [-0.4, -0.2) is 11.1 Å². The maximum Gasteiger partial charge on any atom is 0.372 e. The average Bonchev–Trinajstić information content (AvgIpc) is 2.60. The molecule has 78 valence electrons. The van der Waals surface area contributed by atoms with Crippen LogP contribution in [0.3, 0.4) is 0 Å². The van der Waals surface area contributed by atoms with Crippen LogP contribution in [0.1, 0.15) is 48.7 Å². The Morgan fingerprint density at radius 1 is 1.43 bits per heavy atom. The van der Waals surface area contributed by atoms with Gasteiger partial charge in [0.05, 0.1) is 6.26 Å². The minimum absolute atomic E-state index is 0.0986. The largest absolute Gasteiger partial charge is 0.475 e. The van der Waals surface area contributed by atoms with Gasteiger partial charge in [-0.25, -0.2) is 4.79 Å². The highest BCUT2D eigenvalue weighted by Crippen LogP contribution is 2.14. The van der Waals surface area contributed by atoms with Gasteiger partial charge >= 0.3 is 5.97 Å². The fraction of sp³-hybridized carbons (Fsp3) is 0.545. The van der Waals surface area contributed by atoms with Crippen LogP contribution < -0.4 is 0 Å². The van der Waals surface area contributed by atoms with Crippen molar-refractivity contribution >= 4 is 5.97 Å². The molecule has 0 atom stereocenters. The van der Waals surface area contributed by atoms with Gasteiger partial charge in [-0.1, -0.05) is 26.2 Å². The molecule has 0 spiro atoms. The Morgan fingerprint density at radius 2 is 2.21 bits per heavy atom. The predicted octanol–water partition coefficient (Wildman–Crippen LogP) is 3.10. The van der Waals surface area contributed by atoms with E-state index in [0.717, 1.165) is 24.8 Å². The molecule has 0 aliphatic carbocycles. The fourth-order valence-corrected chi connectivity index (χ4v) is 1.46. The summed E-state index contributed by atoms with van der Waals surface area (Å²) in [4.78, 5) is 10.7. The molecular formula is C11H16O3. The molecule has 1 aromatic heterocycles. The third-order valence-corrected chi connectivity index (χ3v) is 2.24. The van der Waals surface area contributed by atoms with Crippen LogP contribution in [0.15, 0.2) is 16.7 Å². The zero-order chi connectivity index (χ0) is 10.4. The number of rotatable bonds is 6. The second kappa shape index (κ2) is 5.47. The van der Waals surface area contributed by atoms with E-state index in [-0.39, 0.29) is 5.76 Å². The second-order valence-electron chi connectivity index (χ2n) is 3.39. The van der Waals surface area contributed by atoms with Crippen molar-refractivity contribution in [3.63, 3.8) is 0 Å². The van der Waals surface area contributed by atoms with Crippen LogP contribution in [0, 0.1) is 0 Å². The molecule has 1 N–H and O–H groups in total. The van der Waals surface area contributed by atoms with Gasteiger partial charge in [0.25, 0.3) is 0 Å². The van der Waals surface area contributed by atoms with Gasteiger partial charge in [-0.05, 0) is 18.9 Å². The summed E-state index contributed by atoms with van der Waals surface area (Å²) >= 11 is 0. The lowest BCUT2D eigenvalue weighted by atomic mass is 10.1. The quantitative estimate of drug-likeness (QED) is 0.711. The number of furan rings is 1. The molecule has 0 aliphatic rings. The van der Waals surface area contributed by atoms with E-state index in [0.29, 0.717) is 0 Å². The van der Waals surface area contributed by atoms with Gasteiger partial charge < -0.3 is 9.52 Å². The minimum atomic E-state index is -0.972. The number of hydrogen-bond acceptors (Lipinski definition) is 2.